The van der Waals surface area contributed by atoms with Crippen molar-refractivity contribution in [2.45, 2.75) is 12.8 Å². The first-order chi connectivity index (χ1) is 24.3. The van der Waals surface area contributed by atoms with Gasteiger partial charge in [0.1, 0.15) is 0 Å². The number of rotatable bonds is 4. The molecule has 0 saturated heterocycles. The average molecular weight is 624 g/mol. The van der Waals surface area contributed by atoms with E-state index in [9.17, 15) is 0 Å². The van der Waals surface area contributed by atoms with E-state index in [1.54, 1.807) is 0 Å². The number of allylic oxidation sites excluding steroid dienone is 1. The lowest BCUT2D eigenvalue weighted by Gasteiger charge is -2.22. The van der Waals surface area contributed by atoms with Gasteiger partial charge in [-0.3, -0.25) is 0 Å². The van der Waals surface area contributed by atoms with E-state index in [-0.39, 0.29) is 0 Å². The van der Waals surface area contributed by atoms with Gasteiger partial charge in [0.05, 0.1) is 5.52 Å². The van der Waals surface area contributed by atoms with E-state index in [2.05, 4.69) is 181 Å². The van der Waals surface area contributed by atoms with Crippen molar-refractivity contribution in [2.24, 2.45) is 0 Å². The van der Waals surface area contributed by atoms with E-state index in [4.69, 9.17) is 0 Å². The Morgan fingerprint density at radius 3 is 1.67 bits per heavy atom. The molecular formula is C48H33N. The smallest absolute Gasteiger partial charge is 0.0537 e. The Morgan fingerprint density at radius 2 is 0.980 bits per heavy atom. The van der Waals surface area contributed by atoms with Gasteiger partial charge in [-0.25, -0.2) is 0 Å². The molecule has 1 heterocycles. The minimum Gasteiger partial charge on any atom is -0.310 e. The lowest BCUT2D eigenvalue weighted by Crippen LogP contribution is -2.00. The molecule has 0 spiro atoms. The molecule has 230 valence electrons. The first-order valence-electron chi connectivity index (χ1n) is 17.3. The zero-order valence-corrected chi connectivity index (χ0v) is 27.1. The molecule has 0 bridgehead atoms. The molecular weight excluding hydrogens is 591 g/mol. The fourth-order valence-electron chi connectivity index (χ4n) is 8.34. The summed E-state index contributed by atoms with van der Waals surface area (Å²) in [6.45, 7) is 0. The summed E-state index contributed by atoms with van der Waals surface area (Å²) >= 11 is 0. The maximum Gasteiger partial charge on any atom is 0.0537 e. The van der Waals surface area contributed by atoms with Crippen LogP contribution in [0, 0.1) is 0 Å². The topological polar surface area (TPSA) is 4.93 Å². The second-order valence-electron chi connectivity index (χ2n) is 13.1. The molecule has 0 unspecified atom stereocenters. The molecule has 0 saturated carbocycles. The molecule has 49 heavy (non-hydrogen) atoms. The minimum absolute atomic E-state index is 1.08. The summed E-state index contributed by atoms with van der Waals surface area (Å²) < 4.78 is 2.44. The van der Waals surface area contributed by atoms with E-state index < -0.39 is 0 Å². The number of nitrogens with zero attached hydrogens (tertiary/aromatic N) is 1. The van der Waals surface area contributed by atoms with E-state index >= 15 is 0 Å². The summed E-state index contributed by atoms with van der Waals surface area (Å²) in [6.07, 6.45) is 6.80. The van der Waals surface area contributed by atoms with Crippen molar-refractivity contribution in [2.75, 3.05) is 0 Å². The highest BCUT2D eigenvalue weighted by Gasteiger charge is 2.22. The molecule has 1 aliphatic carbocycles. The Labute approximate surface area is 286 Å². The van der Waals surface area contributed by atoms with Crippen molar-refractivity contribution in [3.05, 3.63) is 181 Å². The lowest BCUT2D eigenvalue weighted by atomic mass is 9.81. The lowest BCUT2D eigenvalue weighted by molar-refractivity contribution is 0.967. The van der Waals surface area contributed by atoms with Crippen molar-refractivity contribution in [1.82, 2.24) is 4.57 Å². The van der Waals surface area contributed by atoms with Gasteiger partial charge < -0.3 is 4.57 Å². The zero-order chi connectivity index (χ0) is 32.3. The molecule has 9 aromatic rings. The van der Waals surface area contributed by atoms with Crippen LogP contribution in [0.4, 0.5) is 0 Å². The van der Waals surface area contributed by atoms with Crippen LogP contribution >= 0.6 is 0 Å². The van der Waals surface area contributed by atoms with Crippen LogP contribution in [0.2, 0.25) is 0 Å². The van der Waals surface area contributed by atoms with Gasteiger partial charge in [0.2, 0.25) is 0 Å². The van der Waals surface area contributed by atoms with Gasteiger partial charge >= 0.3 is 0 Å². The maximum atomic E-state index is 2.45. The van der Waals surface area contributed by atoms with Crippen LogP contribution in [0.25, 0.3) is 88.4 Å². The molecule has 0 N–H and O–H groups in total. The van der Waals surface area contributed by atoms with Crippen LogP contribution in [0.1, 0.15) is 17.7 Å². The SMILES string of the molecule is C1=Cc2c(c3ccccc3n2-c2ccc(-c3cc(-c4ccccc4)c(-c4ccccc4)c4c5ccccc5c5ccccc5c34)cc2)CC1. The molecule has 1 aliphatic rings. The predicted octanol–water partition coefficient (Wildman–Crippen LogP) is 13.1. The summed E-state index contributed by atoms with van der Waals surface area (Å²) in [5.74, 6) is 0. The first-order valence-corrected chi connectivity index (χ1v) is 17.3. The minimum atomic E-state index is 1.08. The molecule has 10 rings (SSSR count). The van der Waals surface area contributed by atoms with Gasteiger partial charge in [-0.2, -0.15) is 0 Å². The fraction of sp³-hybridized carbons (Fsp3) is 0.0417. The van der Waals surface area contributed by atoms with Gasteiger partial charge in [-0.1, -0.05) is 146 Å². The third-order valence-electron chi connectivity index (χ3n) is 10.5. The van der Waals surface area contributed by atoms with E-state index in [0.717, 1.165) is 12.8 Å². The monoisotopic (exact) mass is 623 g/mol. The summed E-state index contributed by atoms with van der Waals surface area (Å²) in [4.78, 5) is 0. The van der Waals surface area contributed by atoms with Crippen LogP contribution < -0.4 is 0 Å². The Balaban J connectivity index is 1.31. The molecule has 8 aromatic carbocycles. The Morgan fingerprint density at radius 1 is 0.429 bits per heavy atom. The number of hydrogen-bond acceptors (Lipinski definition) is 0. The number of benzene rings is 8. The molecule has 1 heteroatoms. The van der Waals surface area contributed by atoms with Crippen molar-refractivity contribution in [3.63, 3.8) is 0 Å². The Bertz CT molecular complexity index is 2730. The standard InChI is InChI=1S/C48H33N/c1-3-15-32(16-4-1)42-31-43(33-27-29-35(30-28-33)49-44-25-13-11-21-38(44)39-22-12-14-26-45(39)49)47-40-23-9-7-19-36(40)37-20-8-10-24-41(37)48(47)46(42)34-17-5-2-6-18-34/h1-11,13-21,23-31H,12,22H2. The van der Waals surface area contributed by atoms with Gasteiger partial charge in [0, 0.05) is 16.8 Å². The number of para-hydroxylation sites is 1. The highest BCUT2D eigenvalue weighted by molar-refractivity contribution is 6.32. The van der Waals surface area contributed by atoms with Gasteiger partial charge in [-0.05, 0) is 114 Å². The molecule has 0 aliphatic heterocycles. The fourth-order valence-corrected chi connectivity index (χ4v) is 8.34. The average Bonchev–Trinajstić information content (AvgIpc) is 3.52. The molecule has 0 radical (unpaired) electrons. The maximum absolute atomic E-state index is 2.45. The molecule has 1 nitrogen and oxygen atoms in total. The molecule has 1 aromatic heterocycles. The quantitative estimate of drug-likeness (QED) is 0.172. The van der Waals surface area contributed by atoms with Crippen molar-refractivity contribution >= 4 is 49.3 Å². The van der Waals surface area contributed by atoms with E-state index in [1.807, 2.05) is 0 Å². The zero-order valence-electron chi connectivity index (χ0n) is 27.1. The number of aromatic nitrogens is 1. The normalized spacial score (nSPS) is 12.7. The van der Waals surface area contributed by atoms with Crippen LogP contribution in [0.3, 0.4) is 0 Å². The van der Waals surface area contributed by atoms with Crippen molar-refractivity contribution in [1.29, 1.82) is 0 Å². The van der Waals surface area contributed by atoms with Gasteiger partial charge in [0.15, 0.2) is 0 Å². The van der Waals surface area contributed by atoms with Crippen molar-refractivity contribution in [3.8, 4) is 39.1 Å². The molecule has 0 amide bonds. The van der Waals surface area contributed by atoms with Crippen LogP contribution in [-0.2, 0) is 6.42 Å². The summed E-state index contributed by atoms with van der Waals surface area (Å²) in [7, 11) is 0. The van der Waals surface area contributed by atoms with Crippen LogP contribution in [0.5, 0.6) is 0 Å². The number of hydrogen-bond donors (Lipinski definition) is 0. The predicted molar refractivity (Wildman–Crippen MR) is 209 cm³/mol. The Hall–Kier alpha value is -6.18. The summed E-state index contributed by atoms with van der Waals surface area (Å²) in [6, 6.07) is 60.3. The molecule has 0 fully saturated rings. The van der Waals surface area contributed by atoms with Crippen LogP contribution in [0.15, 0.2) is 170 Å². The largest absolute Gasteiger partial charge is 0.310 e. The third kappa shape index (κ3) is 4.33. The second-order valence-corrected chi connectivity index (χ2v) is 13.1. The van der Waals surface area contributed by atoms with Gasteiger partial charge in [-0.15, -0.1) is 0 Å². The van der Waals surface area contributed by atoms with Crippen LogP contribution in [-0.4, -0.2) is 4.57 Å². The number of fused-ring (bicyclic) bond motifs is 9. The summed E-state index contributed by atoms with van der Waals surface area (Å²) in [5, 5.41) is 9.09. The molecule has 0 atom stereocenters. The summed E-state index contributed by atoms with van der Waals surface area (Å²) in [5.41, 5.74) is 12.7. The van der Waals surface area contributed by atoms with E-state index in [0.29, 0.717) is 0 Å². The van der Waals surface area contributed by atoms with Crippen molar-refractivity contribution < 1.29 is 0 Å². The second kappa shape index (κ2) is 11.2. The first kappa shape index (κ1) is 27.9. The highest BCUT2D eigenvalue weighted by atomic mass is 15.0. The highest BCUT2D eigenvalue weighted by Crippen LogP contribution is 2.49. The number of aryl methyl sites for hydroxylation is 1. The van der Waals surface area contributed by atoms with Gasteiger partial charge in [0.25, 0.3) is 0 Å². The Kier molecular flexibility index (Phi) is 6.38. The van der Waals surface area contributed by atoms with E-state index in [1.165, 1.54) is 93.5 Å². The third-order valence-corrected chi connectivity index (χ3v) is 10.5.